The average molecular weight is 240 g/mol. The molecule has 96 valence electrons. The van der Waals surface area contributed by atoms with E-state index < -0.39 is 0 Å². The van der Waals surface area contributed by atoms with Gasteiger partial charge in [0.2, 0.25) is 5.75 Å². The highest BCUT2D eigenvalue weighted by Gasteiger charge is 2.15. The van der Waals surface area contributed by atoms with Crippen LogP contribution in [-0.2, 0) is 6.42 Å². The van der Waals surface area contributed by atoms with Crippen LogP contribution in [0.2, 0.25) is 0 Å². The number of aryl methyl sites for hydroxylation is 1. The molecule has 0 saturated carbocycles. The van der Waals surface area contributed by atoms with Crippen molar-refractivity contribution in [3.05, 3.63) is 17.7 Å². The number of aliphatic hydroxyl groups is 1. The fourth-order valence-corrected chi connectivity index (χ4v) is 1.72. The lowest BCUT2D eigenvalue weighted by Gasteiger charge is -2.16. The second kappa shape index (κ2) is 6.35. The fraction of sp³-hybridized carbons (Fsp3) is 0.538. The van der Waals surface area contributed by atoms with Crippen molar-refractivity contribution in [2.75, 3.05) is 21.3 Å². The molecule has 0 unspecified atom stereocenters. The van der Waals surface area contributed by atoms with E-state index in [0.29, 0.717) is 23.7 Å². The van der Waals surface area contributed by atoms with E-state index in [-0.39, 0.29) is 6.10 Å². The minimum atomic E-state index is -0.326. The van der Waals surface area contributed by atoms with Crippen molar-refractivity contribution in [3.63, 3.8) is 0 Å². The lowest BCUT2D eigenvalue weighted by Crippen LogP contribution is -2.04. The monoisotopic (exact) mass is 240 g/mol. The first-order valence-corrected chi connectivity index (χ1v) is 5.60. The highest BCUT2D eigenvalue weighted by molar-refractivity contribution is 5.55. The Bertz CT molecular complexity index is 361. The number of aliphatic hydroxyl groups excluding tert-OH is 1. The Hall–Kier alpha value is -1.42. The number of hydrogen-bond acceptors (Lipinski definition) is 4. The smallest absolute Gasteiger partial charge is 0.203 e. The Kier molecular flexibility index (Phi) is 5.10. The summed E-state index contributed by atoms with van der Waals surface area (Å²) in [5.74, 6) is 1.91. The Labute approximate surface area is 102 Å². The molecular weight excluding hydrogens is 220 g/mol. The van der Waals surface area contributed by atoms with Crippen LogP contribution in [0.4, 0.5) is 0 Å². The Morgan fingerprint density at radius 2 is 1.71 bits per heavy atom. The van der Waals surface area contributed by atoms with E-state index in [0.717, 1.165) is 12.0 Å². The molecule has 0 spiro atoms. The molecule has 0 aliphatic heterocycles. The van der Waals surface area contributed by atoms with Gasteiger partial charge in [-0.05, 0) is 31.4 Å². The van der Waals surface area contributed by atoms with Gasteiger partial charge >= 0.3 is 0 Å². The molecule has 1 atom stereocenters. The van der Waals surface area contributed by atoms with Gasteiger partial charge < -0.3 is 19.3 Å². The molecule has 0 saturated heterocycles. The van der Waals surface area contributed by atoms with E-state index in [1.54, 1.807) is 28.3 Å². The normalized spacial score (nSPS) is 12.1. The van der Waals surface area contributed by atoms with Crippen molar-refractivity contribution >= 4 is 0 Å². The van der Waals surface area contributed by atoms with Gasteiger partial charge in [-0.2, -0.15) is 0 Å². The highest BCUT2D eigenvalue weighted by atomic mass is 16.5. The molecular formula is C13H20O4. The molecule has 0 fully saturated rings. The summed E-state index contributed by atoms with van der Waals surface area (Å²) in [7, 11) is 4.77. The second-order valence-corrected chi connectivity index (χ2v) is 3.88. The first-order chi connectivity index (χ1) is 8.13. The maximum Gasteiger partial charge on any atom is 0.203 e. The van der Waals surface area contributed by atoms with Gasteiger partial charge in [0.25, 0.3) is 0 Å². The molecule has 1 aromatic rings. The van der Waals surface area contributed by atoms with E-state index in [1.807, 2.05) is 12.1 Å². The minimum absolute atomic E-state index is 0.326. The van der Waals surface area contributed by atoms with E-state index in [2.05, 4.69) is 0 Å². The van der Waals surface area contributed by atoms with E-state index in [9.17, 15) is 5.11 Å². The molecule has 0 radical (unpaired) electrons. The van der Waals surface area contributed by atoms with Crippen molar-refractivity contribution < 1.29 is 19.3 Å². The number of methoxy groups -OCH3 is 3. The third-order valence-electron chi connectivity index (χ3n) is 2.62. The van der Waals surface area contributed by atoms with Crippen LogP contribution in [0.25, 0.3) is 0 Å². The van der Waals surface area contributed by atoms with Crippen LogP contribution in [0.5, 0.6) is 17.2 Å². The molecule has 0 aliphatic rings. The first kappa shape index (κ1) is 13.6. The lowest BCUT2D eigenvalue weighted by molar-refractivity contribution is 0.184. The van der Waals surface area contributed by atoms with Gasteiger partial charge in [-0.15, -0.1) is 0 Å². The summed E-state index contributed by atoms with van der Waals surface area (Å²) in [5.41, 5.74) is 1.01. The summed E-state index contributed by atoms with van der Waals surface area (Å²) in [6.07, 6.45) is 1.10. The molecule has 4 nitrogen and oxygen atoms in total. The largest absolute Gasteiger partial charge is 0.493 e. The summed E-state index contributed by atoms with van der Waals surface area (Å²) < 4.78 is 15.9. The van der Waals surface area contributed by atoms with E-state index >= 15 is 0 Å². The zero-order chi connectivity index (χ0) is 12.8. The Morgan fingerprint density at radius 1 is 1.06 bits per heavy atom. The topological polar surface area (TPSA) is 47.9 Å². The van der Waals surface area contributed by atoms with Crippen molar-refractivity contribution in [2.45, 2.75) is 25.9 Å². The number of rotatable bonds is 6. The molecule has 0 amide bonds. The standard InChI is InChI=1S/C13H20O4/c1-9(14)5-6-10-7-8-11(15-2)13(17-4)12(10)16-3/h7-9,14H,5-6H2,1-4H3/t9-/m1/s1. The molecule has 0 bridgehead atoms. The fourth-order valence-electron chi connectivity index (χ4n) is 1.72. The molecule has 1 N–H and O–H groups in total. The van der Waals surface area contributed by atoms with Gasteiger partial charge in [0.1, 0.15) is 0 Å². The van der Waals surface area contributed by atoms with E-state index in [4.69, 9.17) is 14.2 Å². The SMILES string of the molecule is COc1ccc(CC[C@@H](C)O)c(OC)c1OC. The molecule has 1 aromatic carbocycles. The summed E-state index contributed by atoms with van der Waals surface area (Å²) in [6, 6.07) is 3.78. The lowest BCUT2D eigenvalue weighted by atomic mass is 10.1. The third kappa shape index (κ3) is 3.27. The summed E-state index contributed by atoms with van der Waals surface area (Å²) in [6.45, 7) is 1.77. The van der Waals surface area contributed by atoms with Gasteiger partial charge in [0.15, 0.2) is 11.5 Å². The van der Waals surface area contributed by atoms with E-state index in [1.165, 1.54) is 0 Å². The van der Waals surface area contributed by atoms with Gasteiger partial charge in [-0.25, -0.2) is 0 Å². The zero-order valence-corrected chi connectivity index (χ0v) is 10.8. The van der Waals surface area contributed by atoms with Gasteiger partial charge in [0, 0.05) is 0 Å². The molecule has 4 heteroatoms. The highest BCUT2D eigenvalue weighted by Crippen LogP contribution is 2.40. The number of ether oxygens (including phenoxy) is 3. The van der Waals surface area contributed by atoms with Crippen LogP contribution >= 0.6 is 0 Å². The van der Waals surface area contributed by atoms with Crippen LogP contribution in [0.15, 0.2) is 12.1 Å². The van der Waals surface area contributed by atoms with Gasteiger partial charge in [-0.1, -0.05) is 6.07 Å². The predicted octanol–water partition coefficient (Wildman–Crippen LogP) is 2.03. The number of benzene rings is 1. The van der Waals surface area contributed by atoms with Crippen LogP contribution in [-0.4, -0.2) is 32.5 Å². The second-order valence-electron chi connectivity index (χ2n) is 3.88. The first-order valence-electron chi connectivity index (χ1n) is 5.60. The van der Waals surface area contributed by atoms with Crippen molar-refractivity contribution in [1.82, 2.24) is 0 Å². The zero-order valence-electron chi connectivity index (χ0n) is 10.8. The minimum Gasteiger partial charge on any atom is -0.493 e. The molecule has 0 aromatic heterocycles. The molecule has 0 heterocycles. The van der Waals surface area contributed by atoms with Gasteiger partial charge in [-0.3, -0.25) is 0 Å². The maximum absolute atomic E-state index is 9.31. The summed E-state index contributed by atoms with van der Waals surface area (Å²) in [5, 5.41) is 9.31. The molecule has 17 heavy (non-hydrogen) atoms. The Morgan fingerprint density at radius 3 is 2.18 bits per heavy atom. The van der Waals surface area contributed by atoms with Crippen LogP contribution < -0.4 is 14.2 Å². The van der Waals surface area contributed by atoms with Crippen LogP contribution in [0.1, 0.15) is 18.9 Å². The summed E-state index contributed by atoms with van der Waals surface area (Å²) >= 11 is 0. The maximum atomic E-state index is 9.31. The molecule has 0 aliphatic carbocycles. The van der Waals surface area contributed by atoms with Crippen molar-refractivity contribution in [2.24, 2.45) is 0 Å². The quantitative estimate of drug-likeness (QED) is 0.826. The van der Waals surface area contributed by atoms with Crippen LogP contribution in [0, 0.1) is 0 Å². The van der Waals surface area contributed by atoms with Gasteiger partial charge in [0.05, 0.1) is 27.4 Å². The van der Waals surface area contributed by atoms with Crippen molar-refractivity contribution in [3.8, 4) is 17.2 Å². The number of hydrogen-bond donors (Lipinski definition) is 1. The van der Waals surface area contributed by atoms with Crippen molar-refractivity contribution in [1.29, 1.82) is 0 Å². The predicted molar refractivity (Wildman–Crippen MR) is 66.1 cm³/mol. The Balaban J connectivity index is 3.05. The average Bonchev–Trinajstić information content (AvgIpc) is 2.34. The summed E-state index contributed by atoms with van der Waals surface area (Å²) in [4.78, 5) is 0. The molecule has 1 rings (SSSR count). The van der Waals surface area contributed by atoms with Crippen LogP contribution in [0.3, 0.4) is 0 Å². The third-order valence-corrected chi connectivity index (χ3v) is 2.62.